The first-order chi connectivity index (χ1) is 5.43. The summed E-state index contributed by atoms with van der Waals surface area (Å²) < 4.78 is 0. The van der Waals surface area contributed by atoms with Gasteiger partial charge in [-0.3, -0.25) is 0 Å². The van der Waals surface area contributed by atoms with Crippen molar-refractivity contribution in [1.82, 2.24) is 0 Å². The van der Waals surface area contributed by atoms with E-state index in [4.69, 9.17) is 0 Å². The number of benzene rings is 1. The Bertz CT molecular complexity index is 253. The third-order valence-electron chi connectivity index (χ3n) is 1.19. The van der Waals surface area contributed by atoms with Gasteiger partial charge >= 0.3 is 0 Å². The molecule has 0 aliphatic rings. The fourth-order valence-electron chi connectivity index (χ4n) is 0.689. The molecular formula is C10H10S. The van der Waals surface area contributed by atoms with Gasteiger partial charge in [0.25, 0.3) is 0 Å². The highest BCUT2D eigenvalue weighted by Gasteiger charge is 1.79. The molecule has 0 amide bonds. The van der Waals surface area contributed by atoms with E-state index < -0.39 is 0 Å². The van der Waals surface area contributed by atoms with Gasteiger partial charge in [-0.05, 0) is 17.4 Å². The van der Waals surface area contributed by atoms with Crippen LogP contribution in [0.2, 0.25) is 0 Å². The molecule has 0 saturated heterocycles. The van der Waals surface area contributed by atoms with Crippen LogP contribution in [0.3, 0.4) is 0 Å². The Morgan fingerprint density at radius 2 is 2.00 bits per heavy atom. The lowest BCUT2D eigenvalue weighted by Gasteiger charge is -1.85. The van der Waals surface area contributed by atoms with Crippen LogP contribution in [0, 0.1) is 11.2 Å². The highest BCUT2D eigenvalue weighted by Crippen LogP contribution is 1.98. The van der Waals surface area contributed by atoms with Crippen molar-refractivity contribution in [3.05, 3.63) is 35.9 Å². The predicted octanol–water partition coefficient (Wildman–Crippen LogP) is 2.75. The molecule has 0 aliphatic heterocycles. The summed E-state index contributed by atoms with van der Waals surface area (Å²) in [4.78, 5) is 0. The molecule has 0 nitrogen and oxygen atoms in total. The summed E-state index contributed by atoms with van der Waals surface area (Å²) in [5, 5.41) is 3.02. The lowest BCUT2D eigenvalue weighted by Crippen LogP contribution is -1.69. The van der Waals surface area contributed by atoms with Gasteiger partial charge in [-0.15, -0.1) is 0 Å². The maximum atomic E-state index is 3.06. The van der Waals surface area contributed by atoms with Crippen LogP contribution >= 0.6 is 11.8 Å². The van der Waals surface area contributed by atoms with Gasteiger partial charge in [0.1, 0.15) is 0 Å². The lowest BCUT2D eigenvalue weighted by molar-refractivity contribution is 1.54. The third-order valence-corrected chi connectivity index (χ3v) is 1.72. The van der Waals surface area contributed by atoms with E-state index in [-0.39, 0.29) is 0 Å². The number of hydrogen-bond donors (Lipinski definition) is 0. The molecule has 0 atom stereocenters. The Balaban J connectivity index is 2.59. The molecule has 0 radical (unpaired) electrons. The van der Waals surface area contributed by atoms with E-state index in [1.807, 2.05) is 30.3 Å². The van der Waals surface area contributed by atoms with E-state index in [9.17, 15) is 0 Å². The summed E-state index contributed by atoms with van der Waals surface area (Å²) in [5.41, 5.74) is 1.09. The largest absolute Gasteiger partial charge is 0.0750 e. The normalized spacial score (nSPS) is 8.45. The standard InChI is InChI=1S/C10H10S/c1-2-11-9-8-10-6-4-3-5-7-10/h3-7H,2H2,1H3. The Morgan fingerprint density at radius 3 is 2.64 bits per heavy atom. The van der Waals surface area contributed by atoms with Crippen LogP contribution in [-0.4, -0.2) is 5.75 Å². The van der Waals surface area contributed by atoms with E-state index in [1.165, 1.54) is 0 Å². The summed E-state index contributed by atoms with van der Waals surface area (Å²) in [5.74, 6) is 4.11. The zero-order chi connectivity index (χ0) is 7.94. The van der Waals surface area contributed by atoms with Crippen molar-refractivity contribution >= 4 is 11.8 Å². The van der Waals surface area contributed by atoms with Crippen LogP contribution in [0.5, 0.6) is 0 Å². The van der Waals surface area contributed by atoms with E-state index in [2.05, 4.69) is 18.1 Å². The molecule has 1 rings (SSSR count). The van der Waals surface area contributed by atoms with E-state index in [0.717, 1.165) is 11.3 Å². The number of rotatable bonds is 1. The van der Waals surface area contributed by atoms with Gasteiger partial charge in [0.15, 0.2) is 0 Å². The Kier molecular flexibility index (Phi) is 3.64. The van der Waals surface area contributed by atoms with Crippen molar-refractivity contribution in [1.29, 1.82) is 0 Å². The summed E-state index contributed by atoms with van der Waals surface area (Å²) in [6.45, 7) is 2.10. The van der Waals surface area contributed by atoms with Crippen molar-refractivity contribution in [3.8, 4) is 11.2 Å². The van der Waals surface area contributed by atoms with Gasteiger partial charge < -0.3 is 0 Å². The van der Waals surface area contributed by atoms with Gasteiger partial charge in [0.05, 0.1) is 0 Å². The smallest absolute Gasteiger partial charge is 0.0254 e. The SMILES string of the molecule is CCSC#Cc1ccccc1. The second-order valence-corrected chi connectivity index (χ2v) is 3.10. The Hall–Kier alpha value is -0.870. The van der Waals surface area contributed by atoms with Crippen LogP contribution in [0.1, 0.15) is 12.5 Å². The van der Waals surface area contributed by atoms with Crippen LogP contribution in [0.4, 0.5) is 0 Å². The Labute approximate surface area is 72.0 Å². The van der Waals surface area contributed by atoms with Crippen molar-refractivity contribution < 1.29 is 0 Å². The Morgan fingerprint density at radius 1 is 1.27 bits per heavy atom. The fourth-order valence-corrected chi connectivity index (χ4v) is 1.02. The van der Waals surface area contributed by atoms with Gasteiger partial charge in [-0.1, -0.05) is 42.8 Å². The zero-order valence-electron chi connectivity index (χ0n) is 6.50. The zero-order valence-corrected chi connectivity index (χ0v) is 7.32. The molecule has 1 heteroatoms. The van der Waals surface area contributed by atoms with Gasteiger partial charge in [0.2, 0.25) is 0 Å². The second kappa shape index (κ2) is 4.87. The fraction of sp³-hybridized carbons (Fsp3) is 0.200. The summed E-state index contributed by atoms with van der Waals surface area (Å²) >= 11 is 1.64. The van der Waals surface area contributed by atoms with E-state index >= 15 is 0 Å². The second-order valence-electron chi connectivity index (χ2n) is 2.03. The molecule has 0 saturated carbocycles. The molecule has 1 aromatic rings. The molecule has 0 unspecified atom stereocenters. The number of hydrogen-bond acceptors (Lipinski definition) is 1. The quantitative estimate of drug-likeness (QED) is 0.572. The maximum Gasteiger partial charge on any atom is 0.0254 e. The summed E-state index contributed by atoms with van der Waals surface area (Å²) in [7, 11) is 0. The minimum absolute atomic E-state index is 1.06. The molecule has 0 N–H and O–H groups in total. The molecule has 0 bridgehead atoms. The molecule has 0 aromatic heterocycles. The molecule has 0 spiro atoms. The molecular weight excluding hydrogens is 152 g/mol. The number of thioether (sulfide) groups is 1. The average Bonchev–Trinajstić information content (AvgIpc) is 2.07. The van der Waals surface area contributed by atoms with Crippen molar-refractivity contribution in [2.24, 2.45) is 0 Å². The van der Waals surface area contributed by atoms with Gasteiger partial charge in [-0.2, -0.15) is 0 Å². The van der Waals surface area contributed by atoms with Crippen LogP contribution in [-0.2, 0) is 0 Å². The van der Waals surface area contributed by atoms with Crippen LogP contribution < -0.4 is 0 Å². The summed E-state index contributed by atoms with van der Waals surface area (Å²) in [6, 6.07) is 10.0. The lowest BCUT2D eigenvalue weighted by atomic mass is 10.2. The average molecular weight is 162 g/mol. The minimum Gasteiger partial charge on any atom is -0.0750 e. The molecule has 1 aromatic carbocycles. The first kappa shape index (κ1) is 8.23. The molecule has 0 fully saturated rings. The topological polar surface area (TPSA) is 0 Å². The third kappa shape index (κ3) is 3.15. The molecule has 0 aliphatic carbocycles. The van der Waals surface area contributed by atoms with E-state index in [0.29, 0.717) is 0 Å². The minimum atomic E-state index is 1.06. The highest BCUT2D eigenvalue weighted by atomic mass is 32.2. The van der Waals surface area contributed by atoms with Crippen LogP contribution in [0.25, 0.3) is 0 Å². The van der Waals surface area contributed by atoms with Crippen molar-refractivity contribution in [2.45, 2.75) is 6.92 Å². The molecule has 56 valence electrons. The van der Waals surface area contributed by atoms with Gasteiger partial charge in [-0.25, -0.2) is 0 Å². The van der Waals surface area contributed by atoms with Crippen molar-refractivity contribution in [3.63, 3.8) is 0 Å². The maximum absolute atomic E-state index is 3.06. The van der Waals surface area contributed by atoms with Crippen LogP contribution in [0.15, 0.2) is 30.3 Å². The van der Waals surface area contributed by atoms with Crippen molar-refractivity contribution in [2.75, 3.05) is 5.75 Å². The first-order valence-electron chi connectivity index (χ1n) is 3.61. The molecule has 0 heterocycles. The monoisotopic (exact) mass is 162 g/mol. The first-order valence-corrected chi connectivity index (χ1v) is 4.60. The van der Waals surface area contributed by atoms with Gasteiger partial charge in [0, 0.05) is 11.3 Å². The predicted molar refractivity (Wildman–Crippen MR) is 51.5 cm³/mol. The van der Waals surface area contributed by atoms with E-state index in [1.54, 1.807) is 11.8 Å². The summed E-state index contributed by atoms with van der Waals surface area (Å²) in [6.07, 6.45) is 0. The highest BCUT2D eigenvalue weighted by molar-refractivity contribution is 8.03. The molecule has 11 heavy (non-hydrogen) atoms.